The van der Waals surface area contributed by atoms with Gasteiger partial charge in [-0.25, -0.2) is 0 Å². The summed E-state index contributed by atoms with van der Waals surface area (Å²) in [4.78, 5) is 6.72. The Balaban J connectivity index is 0.00000400. The molecule has 1 aliphatic heterocycles. The highest BCUT2D eigenvalue weighted by Gasteiger charge is 2.24. The molecule has 126 valence electrons. The van der Waals surface area contributed by atoms with Gasteiger partial charge < -0.3 is 20.3 Å². The van der Waals surface area contributed by atoms with Crippen LogP contribution in [0.3, 0.4) is 0 Å². The molecule has 1 rings (SSSR count). The minimum absolute atomic E-state index is 0. The number of hydrogen-bond donors (Lipinski definition) is 2. The van der Waals surface area contributed by atoms with E-state index in [2.05, 4.69) is 48.2 Å². The van der Waals surface area contributed by atoms with Crippen molar-refractivity contribution in [1.29, 1.82) is 0 Å². The fraction of sp³-hybridized carbons (Fsp3) is 0.933. The van der Waals surface area contributed by atoms with Crippen LogP contribution in [0.4, 0.5) is 0 Å². The van der Waals surface area contributed by atoms with Crippen molar-refractivity contribution in [3.05, 3.63) is 0 Å². The quantitative estimate of drug-likeness (QED) is 0.303. The lowest BCUT2D eigenvalue weighted by atomic mass is 10.1. The first-order chi connectivity index (χ1) is 9.46. The monoisotopic (exact) mass is 412 g/mol. The Morgan fingerprint density at radius 1 is 1.33 bits per heavy atom. The maximum Gasteiger partial charge on any atom is 0.193 e. The van der Waals surface area contributed by atoms with E-state index >= 15 is 0 Å². The van der Waals surface area contributed by atoms with Crippen molar-refractivity contribution in [3.8, 4) is 0 Å². The topological polar surface area (TPSA) is 48.9 Å². The Morgan fingerprint density at radius 2 is 2.05 bits per heavy atom. The zero-order valence-corrected chi connectivity index (χ0v) is 16.6. The Hall–Kier alpha value is -0.0800. The van der Waals surface area contributed by atoms with E-state index in [-0.39, 0.29) is 29.5 Å². The average Bonchev–Trinajstić information content (AvgIpc) is 2.84. The minimum Gasteiger partial charge on any atom is -0.381 e. The molecular formula is C15H33IN4O. The second-order valence-corrected chi connectivity index (χ2v) is 6.41. The van der Waals surface area contributed by atoms with E-state index in [0.29, 0.717) is 5.92 Å². The molecule has 0 aromatic heterocycles. The van der Waals surface area contributed by atoms with Crippen LogP contribution in [0.5, 0.6) is 0 Å². The molecule has 1 unspecified atom stereocenters. The lowest BCUT2D eigenvalue weighted by Crippen LogP contribution is -2.45. The van der Waals surface area contributed by atoms with Crippen LogP contribution in [0.15, 0.2) is 4.99 Å². The van der Waals surface area contributed by atoms with Crippen molar-refractivity contribution in [3.63, 3.8) is 0 Å². The number of aliphatic imine (C=N–C) groups is 1. The standard InChI is InChI=1S/C15H32N4O.HI/c1-6-20-12-13-7-10-19(11-13)14(16-5)17-8-9-18-15(2,3)4;/h13,18H,6-12H2,1-5H3,(H,16,17);1H. The number of likely N-dealkylation sites (tertiary alicyclic amines) is 1. The summed E-state index contributed by atoms with van der Waals surface area (Å²) in [6, 6.07) is 0. The summed E-state index contributed by atoms with van der Waals surface area (Å²) in [7, 11) is 1.86. The lowest BCUT2D eigenvalue weighted by Gasteiger charge is -2.24. The molecular weight excluding hydrogens is 379 g/mol. The minimum atomic E-state index is 0. The van der Waals surface area contributed by atoms with Crippen LogP contribution >= 0.6 is 24.0 Å². The molecule has 0 aromatic carbocycles. The summed E-state index contributed by atoms with van der Waals surface area (Å²) in [5.74, 6) is 1.65. The van der Waals surface area contributed by atoms with Crippen LogP contribution in [0, 0.1) is 5.92 Å². The summed E-state index contributed by atoms with van der Waals surface area (Å²) in [6.07, 6.45) is 1.20. The van der Waals surface area contributed by atoms with E-state index in [4.69, 9.17) is 4.74 Å². The first-order valence-corrected chi connectivity index (χ1v) is 7.74. The van der Waals surface area contributed by atoms with Crippen LogP contribution in [-0.2, 0) is 4.74 Å². The number of hydrogen-bond acceptors (Lipinski definition) is 3. The molecule has 5 nitrogen and oxygen atoms in total. The zero-order chi connectivity index (χ0) is 15.0. The molecule has 1 aliphatic rings. The van der Waals surface area contributed by atoms with Crippen LogP contribution in [0.25, 0.3) is 0 Å². The summed E-state index contributed by atoms with van der Waals surface area (Å²) in [5.41, 5.74) is 0.168. The molecule has 0 aromatic rings. The second kappa shape index (κ2) is 10.6. The highest BCUT2D eigenvalue weighted by molar-refractivity contribution is 14.0. The van der Waals surface area contributed by atoms with Gasteiger partial charge in [0.25, 0.3) is 0 Å². The number of guanidine groups is 1. The fourth-order valence-corrected chi connectivity index (χ4v) is 2.39. The second-order valence-electron chi connectivity index (χ2n) is 6.41. The van der Waals surface area contributed by atoms with Crippen molar-refractivity contribution < 1.29 is 4.74 Å². The molecule has 6 heteroatoms. The van der Waals surface area contributed by atoms with Gasteiger partial charge in [0, 0.05) is 51.3 Å². The van der Waals surface area contributed by atoms with E-state index in [1.807, 2.05) is 7.05 Å². The summed E-state index contributed by atoms with van der Waals surface area (Å²) in [6.45, 7) is 14.2. The van der Waals surface area contributed by atoms with Crippen LogP contribution in [0.1, 0.15) is 34.1 Å². The van der Waals surface area contributed by atoms with Gasteiger partial charge in [-0.2, -0.15) is 0 Å². The summed E-state index contributed by atoms with van der Waals surface area (Å²) < 4.78 is 5.52. The fourth-order valence-electron chi connectivity index (χ4n) is 2.39. The van der Waals surface area contributed by atoms with Crippen LogP contribution in [0.2, 0.25) is 0 Å². The van der Waals surface area contributed by atoms with E-state index in [1.54, 1.807) is 0 Å². The number of nitrogens with one attached hydrogen (secondary N) is 2. The van der Waals surface area contributed by atoms with Crippen LogP contribution < -0.4 is 10.6 Å². The third-order valence-corrected chi connectivity index (χ3v) is 3.42. The lowest BCUT2D eigenvalue weighted by molar-refractivity contribution is 0.114. The molecule has 1 heterocycles. The number of nitrogens with zero attached hydrogens (tertiary/aromatic N) is 2. The summed E-state index contributed by atoms with van der Waals surface area (Å²) in [5, 5.41) is 6.91. The van der Waals surface area contributed by atoms with Crippen molar-refractivity contribution >= 4 is 29.9 Å². The van der Waals surface area contributed by atoms with Gasteiger partial charge >= 0.3 is 0 Å². The molecule has 1 fully saturated rings. The van der Waals surface area contributed by atoms with Gasteiger partial charge in [-0.05, 0) is 34.1 Å². The molecule has 1 saturated heterocycles. The Morgan fingerprint density at radius 3 is 2.62 bits per heavy atom. The third kappa shape index (κ3) is 8.83. The predicted molar refractivity (Wildman–Crippen MR) is 101 cm³/mol. The maximum absolute atomic E-state index is 5.52. The molecule has 0 bridgehead atoms. The first kappa shape index (κ1) is 20.9. The first-order valence-electron chi connectivity index (χ1n) is 7.74. The predicted octanol–water partition coefficient (Wildman–Crippen LogP) is 1.93. The van der Waals surface area contributed by atoms with Crippen LogP contribution in [-0.4, -0.2) is 62.8 Å². The molecule has 0 spiro atoms. The van der Waals surface area contributed by atoms with E-state index < -0.39 is 0 Å². The zero-order valence-electron chi connectivity index (χ0n) is 14.2. The van der Waals surface area contributed by atoms with Gasteiger partial charge in [0.2, 0.25) is 0 Å². The van der Waals surface area contributed by atoms with Gasteiger partial charge in [0.05, 0.1) is 6.61 Å². The largest absolute Gasteiger partial charge is 0.381 e. The maximum atomic E-state index is 5.52. The molecule has 0 radical (unpaired) electrons. The third-order valence-electron chi connectivity index (χ3n) is 3.42. The van der Waals surface area contributed by atoms with Gasteiger partial charge in [0.15, 0.2) is 5.96 Å². The number of rotatable bonds is 6. The van der Waals surface area contributed by atoms with E-state index in [1.165, 1.54) is 6.42 Å². The Labute approximate surface area is 147 Å². The van der Waals surface area contributed by atoms with Gasteiger partial charge in [0.1, 0.15) is 0 Å². The SMILES string of the molecule is CCOCC1CCN(C(=NC)NCCNC(C)(C)C)C1.I. The molecule has 0 aliphatic carbocycles. The van der Waals surface area contributed by atoms with Gasteiger partial charge in [-0.1, -0.05) is 0 Å². The van der Waals surface area contributed by atoms with E-state index in [0.717, 1.165) is 45.4 Å². The highest BCUT2D eigenvalue weighted by atomic mass is 127. The average molecular weight is 412 g/mol. The van der Waals surface area contributed by atoms with Crippen molar-refractivity contribution in [2.24, 2.45) is 10.9 Å². The van der Waals surface area contributed by atoms with Gasteiger partial charge in [-0.15, -0.1) is 24.0 Å². The van der Waals surface area contributed by atoms with Crippen molar-refractivity contribution in [2.45, 2.75) is 39.7 Å². The molecule has 21 heavy (non-hydrogen) atoms. The summed E-state index contributed by atoms with van der Waals surface area (Å²) >= 11 is 0. The molecule has 0 amide bonds. The highest BCUT2D eigenvalue weighted by Crippen LogP contribution is 2.16. The molecule has 0 saturated carbocycles. The number of ether oxygens (including phenoxy) is 1. The normalized spacial score (nSPS) is 19.6. The van der Waals surface area contributed by atoms with E-state index in [9.17, 15) is 0 Å². The molecule has 1 atom stereocenters. The number of halogens is 1. The molecule has 2 N–H and O–H groups in total. The van der Waals surface area contributed by atoms with Gasteiger partial charge in [-0.3, -0.25) is 4.99 Å². The Bertz CT molecular complexity index is 305. The van der Waals surface area contributed by atoms with Crippen molar-refractivity contribution in [2.75, 3.05) is 46.4 Å². The smallest absolute Gasteiger partial charge is 0.193 e. The van der Waals surface area contributed by atoms with Crippen molar-refractivity contribution in [1.82, 2.24) is 15.5 Å². The Kier molecular flexibility index (Phi) is 10.6.